The molecule has 0 radical (unpaired) electrons. The molecule has 3 N–H and O–H groups in total. The second-order valence-electron chi connectivity index (χ2n) is 4.57. The number of aromatic nitrogens is 4. The van der Waals surface area contributed by atoms with Gasteiger partial charge in [-0.2, -0.15) is 0 Å². The molecule has 0 aromatic carbocycles. The number of nitrogens with zero attached hydrogens (tertiary/aromatic N) is 3. The summed E-state index contributed by atoms with van der Waals surface area (Å²) in [6.45, 7) is 3.06. The van der Waals surface area contributed by atoms with Crippen LogP contribution in [0.25, 0.3) is 11.2 Å². The zero-order valence-corrected chi connectivity index (χ0v) is 11.3. The lowest BCUT2D eigenvalue weighted by atomic mass is 10.3. The SMILES string of the molecule is CCCCn1c(=O)n(C)c(=O)c2[nH]c(CCN)nc21. The van der Waals surface area contributed by atoms with Crippen molar-refractivity contribution < 1.29 is 0 Å². The predicted molar refractivity (Wildman–Crippen MR) is 73.3 cm³/mol. The van der Waals surface area contributed by atoms with E-state index in [4.69, 9.17) is 5.73 Å². The fourth-order valence-corrected chi connectivity index (χ4v) is 2.06. The summed E-state index contributed by atoms with van der Waals surface area (Å²) in [5, 5.41) is 0. The van der Waals surface area contributed by atoms with Crippen molar-refractivity contribution in [3.8, 4) is 0 Å². The zero-order chi connectivity index (χ0) is 14.0. The molecule has 19 heavy (non-hydrogen) atoms. The third-order valence-corrected chi connectivity index (χ3v) is 3.14. The van der Waals surface area contributed by atoms with Gasteiger partial charge in [0.15, 0.2) is 5.65 Å². The smallest absolute Gasteiger partial charge is 0.332 e. The quantitative estimate of drug-likeness (QED) is 0.777. The van der Waals surface area contributed by atoms with Gasteiger partial charge in [-0.3, -0.25) is 13.9 Å². The van der Waals surface area contributed by atoms with Crippen LogP contribution in [0, 0.1) is 0 Å². The van der Waals surface area contributed by atoms with Gasteiger partial charge in [-0.1, -0.05) is 13.3 Å². The third-order valence-electron chi connectivity index (χ3n) is 3.14. The van der Waals surface area contributed by atoms with Crippen molar-refractivity contribution in [2.24, 2.45) is 12.8 Å². The number of aromatic amines is 1. The van der Waals surface area contributed by atoms with Gasteiger partial charge in [0.05, 0.1) is 0 Å². The molecule has 0 fully saturated rings. The Balaban J connectivity index is 2.70. The summed E-state index contributed by atoms with van der Waals surface area (Å²) in [6.07, 6.45) is 2.39. The largest absolute Gasteiger partial charge is 0.336 e. The Labute approximate surface area is 110 Å². The number of nitrogens with two attached hydrogens (primary N) is 1. The molecule has 0 saturated heterocycles. The second-order valence-corrected chi connectivity index (χ2v) is 4.57. The standard InChI is InChI=1S/C12H19N5O2/c1-3-4-7-17-10-9(11(18)16(2)12(17)19)14-8(15-10)5-6-13/h3-7,13H2,1-2H3,(H,14,15). The van der Waals surface area contributed by atoms with Gasteiger partial charge in [0.25, 0.3) is 5.56 Å². The van der Waals surface area contributed by atoms with Gasteiger partial charge >= 0.3 is 5.69 Å². The van der Waals surface area contributed by atoms with Crippen LogP contribution in [-0.4, -0.2) is 25.6 Å². The van der Waals surface area contributed by atoms with E-state index in [1.54, 1.807) is 4.57 Å². The van der Waals surface area contributed by atoms with Crippen molar-refractivity contribution in [2.75, 3.05) is 6.54 Å². The predicted octanol–water partition coefficient (Wildman–Crippen LogP) is -0.275. The Kier molecular flexibility index (Phi) is 3.84. The fraction of sp³-hybridized carbons (Fsp3) is 0.583. The summed E-state index contributed by atoms with van der Waals surface area (Å²) in [7, 11) is 1.48. The average Bonchev–Trinajstić information content (AvgIpc) is 2.80. The summed E-state index contributed by atoms with van der Waals surface area (Å²) < 4.78 is 2.67. The van der Waals surface area contributed by atoms with Crippen LogP contribution in [0.5, 0.6) is 0 Å². The molecular weight excluding hydrogens is 246 g/mol. The molecule has 2 rings (SSSR count). The lowest BCUT2D eigenvalue weighted by molar-refractivity contribution is 0.584. The Morgan fingerprint density at radius 2 is 2.11 bits per heavy atom. The molecule has 0 aliphatic carbocycles. The maximum atomic E-state index is 12.1. The molecule has 0 aliphatic heterocycles. The van der Waals surface area contributed by atoms with Gasteiger partial charge in [-0.05, 0) is 13.0 Å². The molecule has 2 heterocycles. The molecule has 104 valence electrons. The van der Waals surface area contributed by atoms with Crippen LogP contribution in [-0.2, 0) is 20.0 Å². The fourth-order valence-electron chi connectivity index (χ4n) is 2.06. The normalized spacial score (nSPS) is 11.3. The summed E-state index contributed by atoms with van der Waals surface area (Å²) in [5.74, 6) is 0.644. The van der Waals surface area contributed by atoms with E-state index in [1.165, 1.54) is 7.05 Å². The Bertz CT molecular complexity index is 694. The van der Waals surface area contributed by atoms with E-state index in [1.807, 2.05) is 0 Å². The van der Waals surface area contributed by atoms with Crippen molar-refractivity contribution in [3.63, 3.8) is 0 Å². The van der Waals surface area contributed by atoms with Gasteiger partial charge in [-0.25, -0.2) is 9.78 Å². The second kappa shape index (κ2) is 5.40. The Morgan fingerprint density at radius 1 is 1.37 bits per heavy atom. The molecule has 0 unspecified atom stereocenters. The molecule has 0 bridgehead atoms. The Morgan fingerprint density at radius 3 is 2.74 bits per heavy atom. The number of hydrogen-bond acceptors (Lipinski definition) is 4. The van der Waals surface area contributed by atoms with Crippen molar-refractivity contribution in [2.45, 2.75) is 32.7 Å². The van der Waals surface area contributed by atoms with E-state index in [0.717, 1.165) is 17.4 Å². The summed E-state index contributed by atoms with van der Waals surface area (Å²) >= 11 is 0. The van der Waals surface area contributed by atoms with Gasteiger partial charge in [-0.15, -0.1) is 0 Å². The summed E-state index contributed by atoms with van der Waals surface area (Å²) in [6, 6.07) is 0. The summed E-state index contributed by atoms with van der Waals surface area (Å²) in [5.41, 5.74) is 5.63. The minimum atomic E-state index is -0.344. The van der Waals surface area contributed by atoms with Crippen LogP contribution < -0.4 is 17.0 Å². The average molecular weight is 265 g/mol. The van der Waals surface area contributed by atoms with Gasteiger partial charge in [0, 0.05) is 20.0 Å². The molecule has 0 aliphatic rings. The highest BCUT2D eigenvalue weighted by atomic mass is 16.2. The van der Waals surface area contributed by atoms with Crippen LogP contribution in [0.2, 0.25) is 0 Å². The molecule has 0 atom stereocenters. The first kappa shape index (κ1) is 13.5. The lowest BCUT2D eigenvalue weighted by Gasteiger charge is -2.07. The maximum absolute atomic E-state index is 12.1. The zero-order valence-electron chi connectivity index (χ0n) is 11.3. The molecular formula is C12H19N5O2. The minimum Gasteiger partial charge on any atom is -0.336 e. The Hall–Kier alpha value is -1.89. The van der Waals surface area contributed by atoms with E-state index in [9.17, 15) is 9.59 Å². The number of H-pyrrole nitrogens is 1. The number of fused-ring (bicyclic) bond motifs is 1. The van der Waals surface area contributed by atoms with E-state index in [0.29, 0.717) is 36.5 Å². The third kappa shape index (κ3) is 2.33. The van der Waals surface area contributed by atoms with E-state index >= 15 is 0 Å². The molecule has 2 aromatic heterocycles. The number of rotatable bonds is 5. The molecule has 7 heteroatoms. The number of imidazole rings is 1. The number of hydrogen-bond donors (Lipinski definition) is 2. The van der Waals surface area contributed by atoms with Crippen LogP contribution >= 0.6 is 0 Å². The van der Waals surface area contributed by atoms with Crippen LogP contribution in [0.15, 0.2) is 9.59 Å². The number of nitrogens with one attached hydrogen (secondary N) is 1. The van der Waals surface area contributed by atoms with Crippen molar-refractivity contribution >= 4 is 11.2 Å². The topological polar surface area (TPSA) is 98.7 Å². The molecule has 0 amide bonds. The van der Waals surface area contributed by atoms with Crippen molar-refractivity contribution in [3.05, 3.63) is 26.7 Å². The monoisotopic (exact) mass is 265 g/mol. The van der Waals surface area contributed by atoms with Gasteiger partial charge in [0.1, 0.15) is 11.3 Å². The van der Waals surface area contributed by atoms with E-state index in [2.05, 4.69) is 16.9 Å². The van der Waals surface area contributed by atoms with E-state index < -0.39 is 0 Å². The highest BCUT2D eigenvalue weighted by Gasteiger charge is 2.14. The highest BCUT2D eigenvalue weighted by Crippen LogP contribution is 2.06. The molecule has 2 aromatic rings. The van der Waals surface area contributed by atoms with Gasteiger partial charge in [0.2, 0.25) is 0 Å². The molecule has 0 saturated carbocycles. The van der Waals surface area contributed by atoms with Crippen molar-refractivity contribution in [1.29, 1.82) is 0 Å². The number of unbranched alkanes of at least 4 members (excludes halogenated alkanes) is 1. The van der Waals surface area contributed by atoms with Crippen LogP contribution in [0.3, 0.4) is 0 Å². The maximum Gasteiger partial charge on any atom is 0.332 e. The first-order chi connectivity index (χ1) is 9.10. The first-order valence-electron chi connectivity index (χ1n) is 6.48. The van der Waals surface area contributed by atoms with Crippen LogP contribution in [0.4, 0.5) is 0 Å². The molecule has 0 spiro atoms. The first-order valence-corrected chi connectivity index (χ1v) is 6.48. The molecule has 7 nitrogen and oxygen atoms in total. The highest BCUT2D eigenvalue weighted by molar-refractivity contribution is 5.69. The number of aryl methyl sites for hydroxylation is 1. The van der Waals surface area contributed by atoms with E-state index in [-0.39, 0.29) is 11.2 Å². The van der Waals surface area contributed by atoms with Crippen LogP contribution in [0.1, 0.15) is 25.6 Å². The minimum absolute atomic E-state index is 0.322. The van der Waals surface area contributed by atoms with Crippen molar-refractivity contribution in [1.82, 2.24) is 19.1 Å². The summed E-state index contributed by atoms with van der Waals surface area (Å²) in [4.78, 5) is 31.5. The van der Waals surface area contributed by atoms with Gasteiger partial charge < -0.3 is 10.7 Å². The lowest BCUT2D eigenvalue weighted by Crippen LogP contribution is -2.38.